The molecule has 1 rings (SSSR count). The molecule has 0 bridgehead atoms. The Hall–Kier alpha value is -1.69. The first kappa shape index (κ1) is 9.40. The van der Waals surface area contributed by atoms with E-state index in [1.165, 1.54) is 13.2 Å². The Labute approximate surface area is 73.8 Å². The van der Waals surface area contributed by atoms with E-state index in [9.17, 15) is 4.79 Å². The van der Waals surface area contributed by atoms with Gasteiger partial charge in [-0.25, -0.2) is 4.79 Å². The van der Waals surface area contributed by atoms with Gasteiger partial charge in [-0.15, -0.1) is 10.2 Å². The van der Waals surface area contributed by atoms with Crippen molar-refractivity contribution in [2.75, 3.05) is 7.11 Å². The van der Waals surface area contributed by atoms with Gasteiger partial charge < -0.3 is 14.3 Å². The first-order valence-corrected chi connectivity index (χ1v) is 3.44. The predicted molar refractivity (Wildman–Crippen MR) is 41.7 cm³/mol. The number of nitrogens with zero attached hydrogens (tertiary/aromatic N) is 2. The number of rotatable bonds is 4. The molecular formula is C7H8N2O4. The van der Waals surface area contributed by atoms with Crippen molar-refractivity contribution in [3.8, 4) is 0 Å². The fraction of sp³-hybridized carbons (Fsp3) is 0.286. The summed E-state index contributed by atoms with van der Waals surface area (Å²) in [5.41, 5.74) is 0. The first-order valence-electron chi connectivity index (χ1n) is 3.44. The van der Waals surface area contributed by atoms with Crippen LogP contribution in [-0.4, -0.2) is 28.4 Å². The van der Waals surface area contributed by atoms with Crippen molar-refractivity contribution in [1.82, 2.24) is 10.2 Å². The van der Waals surface area contributed by atoms with Crippen molar-refractivity contribution in [2.45, 2.75) is 6.61 Å². The number of carbonyl (C=O) groups is 1. The molecule has 13 heavy (non-hydrogen) atoms. The second-order valence-electron chi connectivity index (χ2n) is 2.14. The van der Waals surface area contributed by atoms with Crippen molar-refractivity contribution < 1.29 is 19.1 Å². The van der Waals surface area contributed by atoms with Crippen molar-refractivity contribution in [3.63, 3.8) is 0 Å². The zero-order valence-electron chi connectivity index (χ0n) is 6.93. The molecule has 0 fully saturated rings. The third kappa shape index (κ3) is 3.04. The highest BCUT2D eigenvalue weighted by molar-refractivity contribution is 5.84. The summed E-state index contributed by atoms with van der Waals surface area (Å²) in [6, 6.07) is 0. The monoisotopic (exact) mass is 184 g/mol. The standard InChI is InChI=1S/C7H8N2O4/c1-12-4-6-9-8-5(13-6)2-3-7(10)11/h2-3H,4H2,1H3,(H,10,11)/b3-2+. The molecule has 1 aromatic heterocycles. The highest BCUT2D eigenvalue weighted by Crippen LogP contribution is 2.02. The van der Waals surface area contributed by atoms with Crippen LogP contribution in [0.2, 0.25) is 0 Å². The lowest BCUT2D eigenvalue weighted by atomic mass is 10.5. The van der Waals surface area contributed by atoms with Crippen LogP contribution in [-0.2, 0) is 16.1 Å². The molecule has 0 aromatic carbocycles. The van der Waals surface area contributed by atoms with Gasteiger partial charge in [-0.2, -0.15) is 0 Å². The third-order valence-electron chi connectivity index (χ3n) is 1.12. The summed E-state index contributed by atoms with van der Waals surface area (Å²) in [5.74, 6) is -0.603. The minimum absolute atomic E-state index is 0.148. The van der Waals surface area contributed by atoms with Gasteiger partial charge in [-0.3, -0.25) is 0 Å². The molecule has 0 saturated heterocycles. The van der Waals surface area contributed by atoms with E-state index in [0.717, 1.165) is 6.08 Å². The number of hydrogen-bond acceptors (Lipinski definition) is 5. The summed E-state index contributed by atoms with van der Waals surface area (Å²) in [7, 11) is 1.50. The van der Waals surface area contributed by atoms with Crippen LogP contribution < -0.4 is 0 Å². The number of carboxylic acids is 1. The molecule has 6 heteroatoms. The van der Waals surface area contributed by atoms with Crippen LogP contribution in [0.25, 0.3) is 6.08 Å². The van der Waals surface area contributed by atoms with Gasteiger partial charge in [0.2, 0.25) is 11.8 Å². The fourth-order valence-electron chi connectivity index (χ4n) is 0.658. The maximum absolute atomic E-state index is 10.1. The highest BCUT2D eigenvalue weighted by Gasteiger charge is 2.01. The van der Waals surface area contributed by atoms with Crippen LogP contribution in [0.5, 0.6) is 0 Å². The van der Waals surface area contributed by atoms with Crippen LogP contribution >= 0.6 is 0 Å². The summed E-state index contributed by atoms with van der Waals surface area (Å²) in [4.78, 5) is 10.1. The maximum Gasteiger partial charge on any atom is 0.328 e. The Morgan fingerprint density at radius 2 is 2.46 bits per heavy atom. The molecule has 0 amide bonds. The SMILES string of the molecule is COCc1nnc(/C=C/C(=O)O)o1. The lowest BCUT2D eigenvalue weighted by molar-refractivity contribution is -0.131. The largest absolute Gasteiger partial charge is 0.478 e. The van der Waals surface area contributed by atoms with Crippen molar-refractivity contribution in [3.05, 3.63) is 17.9 Å². The molecule has 0 unspecified atom stereocenters. The Morgan fingerprint density at radius 3 is 3.08 bits per heavy atom. The topological polar surface area (TPSA) is 85.5 Å². The first-order chi connectivity index (χ1) is 6.22. The Morgan fingerprint density at radius 1 is 1.69 bits per heavy atom. The molecular weight excluding hydrogens is 176 g/mol. The fourth-order valence-corrected chi connectivity index (χ4v) is 0.658. The summed E-state index contributed by atoms with van der Waals surface area (Å²) in [5, 5.41) is 15.4. The van der Waals surface area contributed by atoms with Gasteiger partial charge in [0, 0.05) is 19.3 Å². The van der Waals surface area contributed by atoms with Crippen molar-refractivity contribution >= 4 is 12.0 Å². The second kappa shape index (κ2) is 4.36. The number of aromatic nitrogens is 2. The molecule has 1 heterocycles. The third-order valence-corrected chi connectivity index (χ3v) is 1.12. The number of hydrogen-bond donors (Lipinski definition) is 1. The molecule has 0 aliphatic heterocycles. The van der Waals surface area contributed by atoms with Crippen molar-refractivity contribution in [1.29, 1.82) is 0 Å². The molecule has 6 nitrogen and oxygen atoms in total. The van der Waals surface area contributed by atoms with Gasteiger partial charge in [-0.05, 0) is 0 Å². The maximum atomic E-state index is 10.1. The molecule has 1 aromatic rings. The molecule has 0 aliphatic rings. The number of methoxy groups -OCH3 is 1. The molecule has 0 aliphatic carbocycles. The van der Waals surface area contributed by atoms with Crippen molar-refractivity contribution in [2.24, 2.45) is 0 Å². The second-order valence-corrected chi connectivity index (χ2v) is 2.14. The lowest BCUT2D eigenvalue weighted by Crippen LogP contribution is -1.85. The Kier molecular flexibility index (Phi) is 3.15. The van der Waals surface area contributed by atoms with E-state index in [0.29, 0.717) is 5.89 Å². The summed E-state index contributed by atoms with van der Waals surface area (Å²) < 4.78 is 9.71. The van der Waals surface area contributed by atoms with Gasteiger partial charge in [-0.1, -0.05) is 0 Å². The van der Waals surface area contributed by atoms with Crippen LogP contribution in [0.15, 0.2) is 10.5 Å². The van der Waals surface area contributed by atoms with Gasteiger partial charge in [0.25, 0.3) is 0 Å². The van der Waals surface area contributed by atoms with Gasteiger partial charge in [0.05, 0.1) is 0 Å². The van der Waals surface area contributed by atoms with E-state index in [1.54, 1.807) is 0 Å². The number of ether oxygens (including phenoxy) is 1. The zero-order valence-corrected chi connectivity index (χ0v) is 6.93. The molecule has 0 atom stereocenters. The van der Waals surface area contributed by atoms with Gasteiger partial charge >= 0.3 is 5.97 Å². The van der Waals surface area contributed by atoms with Crippen LogP contribution in [0.1, 0.15) is 11.8 Å². The van der Waals surface area contributed by atoms with E-state index >= 15 is 0 Å². The van der Waals surface area contributed by atoms with E-state index in [-0.39, 0.29) is 12.5 Å². The minimum Gasteiger partial charge on any atom is -0.478 e. The smallest absolute Gasteiger partial charge is 0.328 e. The summed E-state index contributed by atoms with van der Waals surface area (Å²) >= 11 is 0. The average molecular weight is 184 g/mol. The number of aliphatic carboxylic acids is 1. The lowest BCUT2D eigenvalue weighted by Gasteiger charge is -1.87. The highest BCUT2D eigenvalue weighted by atomic mass is 16.5. The van der Waals surface area contributed by atoms with Crippen LogP contribution in [0.4, 0.5) is 0 Å². The van der Waals surface area contributed by atoms with Crippen LogP contribution in [0.3, 0.4) is 0 Å². The van der Waals surface area contributed by atoms with E-state index in [1.807, 2.05) is 0 Å². The average Bonchev–Trinajstić information content (AvgIpc) is 2.50. The zero-order chi connectivity index (χ0) is 9.68. The molecule has 70 valence electrons. The van der Waals surface area contributed by atoms with Crippen LogP contribution in [0, 0.1) is 0 Å². The van der Waals surface area contributed by atoms with Gasteiger partial charge in [0.15, 0.2) is 0 Å². The van der Waals surface area contributed by atoms with E-state index in [2.05, 4.69) is 10.2 Å². The Balaban J connectivity index is 2.63. The molecule has 1 N–H and O–H groups in total. The van der Waals surface area contributed by atoms with Gasteiger partial charge in [0.1, 0.15) is 6.61 Å². The minimum atomic E-state index is -1.06. The van der Waals surface area contributed by atoms with E-state index in [4.69, 9.17) is 14.3 Å². The molecule has 0 spiro atoms. The Bertz CT molecular complexity index is 318. The quantitative estimate of drug-likeness (QED) is 0.678. The summed E-state index contributed by atoms with van der Waals surface area (Å²) in [6.45, 7) is 0.216. The molecule has 0 radical (unpaired) electrons. The number of carboxylic acid groups (broad SMARTS) is 1. The molecule has 0 saturated carbocycles. The van der Waals surface area contributed by atoms with E-state index < -0.39 is 5.97 Å². The summed E-state index contributed by atoms with van der Waals surface area (Å²) in [6.07, 6.45) is 2.14. The predicted octanol–water partition coefficient (Wildman–Crippen LogP) is 0.314. The normalized spacial score (nSPS) is 10.8.